The quantitative estimate of drug-likeness (QED) is 0.425. The van der Waals surface area contributed by atoms with Crippen LogP contribution in [0.1, 0.15) is 34.1 Å². The number of nitrogens with one attached hydrogen (secondary N) is 1. The lowest BCUT2D eigenvalue weighted by Gasteiger charge is -2.43. The highest BCUT2D eigenvalue weighted by molar-refractivity contribution is 7.13. The fourth-order valence-corrected chi connectivity index (χ4v) is 5.05. The van der Waals surface area contributed by atoms with Gasteiger partial charge in [0.25, 0.3) is 5.91 Å². The average Bonchev–Trinajstić information content (AvgIpc) is 3.51. The Labute approximate surface area is 207 Å². The summed E-state index contributed by atoms with van der Waals surface area (Å²) in [5, 5.41) is 9.58. The fraction of sp³-hybridized carbons (Fsp3) is 0.222. The highest BCUT2D eigenvalue weighted by atomic mass is 32.1. The zero-order chi connectivity index (χ0) is 24.7. The Morgan fingerprint density at radius 1 is 1.11 bits per heavy atom. The molecule has 178 valence electrons. The SMILES string of the molecule is Cc1ccc(N2C(=O)c3cc(-c4cccs4)nn3C[C@@]2(C)C(=O)NCc2ccc(F)cc2)cc1C. The predicted molar refractivity (Wildman–Crippen MR) is 135 cm³/mol. The molecule has 1 N–H and O–H groups in total. The molecule has 0 aliphatic carbocycles. The predicted octanol–water partition coefficient (Wildman–Crippen LogP) is 5.10. The summed E-state index contributed by atoms with van der Waals surface area (Å²) in [7, 11) is 0. The first kappa shape index (κ1) is 23.0. The zero-order valence-electron chi connectivity index (χ0n) is 19.7. The Bertz CT molecular complexity index is 1410. The van der Waals surface area contributed by atoms with E-state index in [1.54, 1.807) is 46.0 Å². The summed E-state index contributed by atoms with van der Waals surface area (Å²) in [4.78, 5) is 30.1. The van der Waals surface area contributed by atoms with Gasteiger partial charge in [-0.15, -0.1) is 11.3 Å². The number of hydrogen-bond donors (Lipinski definition) is 1. The third kappa shape index (κ3) is 4.14. The van der Waals surface area contributed by atoms with Crippen LogP contribution in [-0.4, -0.2) is 27.1 Å². The first-order chi connectivity index (χ1) is 16.8. The number of fused-ring (bicyclic) bond motifs is 1. The fourth-order valence-electron chi connectivity index (χ4n) is 4.37. The minimum absolute atomic E-state index is 0.196. The van der Waals surface area contributed by atoms with Gasteiger partial charge in [0.2, 0.25) is 5.91 Å². The molecule has 2 aromatic carbocycles. The molecular formula is C27H25FN4O2S. The molecule has 1 atom stereocenters. The van der Waals surface area contributed by atoms with Crippen molar-refractivity contribution in [1.82, 2.24) is 15.1 Å². The molecule has 1 aliphatic heterocycles. The number of aromatic nitrogens is 2. The second-order valence-electron chi connectivity index (χ2n) is 9.04. The minimum atomic E-state index is -1.23. The van der Waals surface area contributed by atoms with Gasteiger partial charge in [-0.1, -0.05) is 24.3 Å². The Kier molecular flexibility index (Phi) is 5.76. The number of rotatable bonds is 5. The number of aryl methyl sites for hydroxylation is 2. The number of hydrogen-bond acceptors (Lipinski definition) is 4. The summed E-state index contributed by atoms with van der Waals surface area (Å²) in [6.07, 6.45) is 0. The summed E-state index contributed by atoms with van der Waals surface area (Å²) < 4.78 is 14.9. The van der Waals surface area contributed by atoms with E-state index < -0.39 is 5.54 Å². The van der Waals surface area contributed by atoms with Crippen molar-refractivity contribution in [3.8, 4) is 10.6 Å². The number of benzene rings is 2. The van der Waals surface area contributed by atoms with Crippen LogP contribution in [0.3, 0.4) is 0 Å². The summed E-state index contributed by atoms with van der Waals surface area (Å²) >= 11 is 1.55. The Hall–Kier alpha value is -3.78. The van der Waals surface area contributed by atoms with Crippen LogP contribution in [0.5, 0.6) is 0 Å². The number of halogens is 1. The van der Waals surface area contributed by atoms with E-state index in [1.165, 1.54) is 12.1 Å². The Balaban J connectivity index is 1.54. The highest BCUT2D eigenvalue weighted by Crippen LogP contribution is 2.35. The molecule has 3 heterocycles. The molecule has 0 radical (unpaired) electrons. The van der Waals surface area contributed by atoms with Gasteiger partial charge < -0.3 is 5.32 Å². The maximum atomic E-state index is 13.9. The number of carbonyl (C=O) groups excluding carboxylic acids is 2. The topological polar surface area (TPSA) is 67.2 Å². The van der Waals surface area contributed by atoms with Gasteiger partial charge in [-0.25, -0.2) is 4.39 Å². The second-order valence-corrected chi connectivity index (χ2v) is 9.99. The van der Waals surface area contributed by atoms with Crippen LogP contribution in [0.2, 0.25) is 0 Å². The van der Waals surface area contributed by atoms with Gasteiger partial charge in [0.15, 0.2) is 0 Å². The molecule has 5 rings (SSSR count). The lowest BCUT2D eigenvalue weighted by molar-refractivity contribution is -0.126. The summed E-state index contributed by atoms with van der Waals surface area (Å²) in [6.45, 7) is 6.17. The van der Waals surface area contributed by atoms with Crippen molar-refractivity contribution >= 4 is 28.8 Å². The molecule has 0 unspecified atom stereocenters. The van der Waals surface area contributed by atoms with E-state index in [0.717, 1.165) is 21.6 Å². The molecule has 1 aliphatic rings. The lowest BCUT2D eigenvalue weighted by Crippen LogP contribution is -2.64. The standard InChI is InChI=1S/C27H25FN4O2S/c1-17-6-11-21(13-18(17)2)32-25(33)23-14-22(24-5-4-12-35-24)30-31(23)16-27(32,3)26(34)29-15-19-7-9-20(28)10-8-19/h4-14H,15-16H2,1-3H3,(H,29,34)/t27-/m0/s1. The second kappa shape index (κ2) is 8.78. The van der Waals surface area contributed by atoms with Crippen molar-refractivity contribution in [3.05, 3.63) is 94.2 Å². The van der Waals surface area contributed by atoms with Crippen molar-refractivity contribution in [2.45, 2.75) is 39.4 Å². The van der Waals surface area contributed by atoms with Gasteiger partial charge in [-0.05, 0) is 79.2 Å². The number of amides is 2. The third-order valence-corrected chi connectivity index (χ3v) is 7.42. The van der Waals surface area contributed by atoms with Crippen LogP contribution in [0.15, 0.2) is 66.0 Å². The van der Waals surface area contributed by atoms with Crippen molar-refractivity contribution < 1.29 is 14.0 Å². The van der Waals surface area contributed by atoms with Crippen molar-refractivity contribution in [3.63, 3.8) is 0 Å². The van der Waals surface area contributed by atoms with Gasteiger partial charge in [0, 0.05) is 12.2 Å². The molecule has 0 saturated heterocycles. The van der Waals surface area contributed by atoms with E-state index in [1.807, 2.05) is 49.6 Å². The zero-order valence-corrected chi connectivity index (χ0v) is 20.5. The smallest absolute Gasteiger partial charge is 0.277 e. The Morgan fingerprint density at radius 2 is 1.89 bits per heavy atom. The molecule has 2 aromatic heterocycles. The highest BCUT2D eigenvalue weighted by Gasteiger charge is 2.49. The molecule has 0 fully saturated rings. The monoisotopic (exact) mass is 488 g/mol. The van der Waals surface area contributed by atoms with Crippen LogP contribution in [0, 0.1) is 19.7 Å². The molecule has 0 saturated carbocycles. The van der Waals surface area contributed by atoms with E-state index in [4.69, 9.17) is 0 Å². The molecule has 6 nitrogen and oxygen atoms in total. The molecule has 35 heavy (non-hydrogen) atoms. The van der Waals surface area contributed by atoms with Gasteiger partial charge in [0.05, 0.1) is 11.4 Å². The van der Waals surface area contributed by atoms with Gasteiger partial charge in [0.1, 0.15) is 22.7 Å². The van der Waals surface area contributed by atoms with Crippen LogP contribution in [0.25, 0.3) is 10.6 Å². The summed E-state index contributed by atoms with van der Waals surface area (Å²) in [6, 6.07) is 17.4. The molecule has 0 bridgehead atoms. The Morgan fingerprint density at radius 3 is 2.57 bits per heavy atom. The first-order valence-electron chi connectivity index (χ1n) is 11.3. The molecular weight excluding hydrogens is 463 g/mol. The minimum Gasteiger partial charge on any atom is -0.350 e. The number of carbonyl (C=O) groups is 2. The van der Waals surface area contributed by atoms with Gasteiger partial charge in [-0.3, -0.25) is 19.2 Å². The van der Waals surface area contributed by atoms with E-state index in [2.05, 4.69) is 10.4 Å². The third-order valence-electron chi connectivity index (χ3n) is 6.53. The first-order valence-corrected chi connectivity index (χ1v) is 12.2. The maximum absolute atomic E-state index is 13.9. The molecule has 8 heteroatoms. The van der Waals surface area contributed by atoms with Gasteiger partial charge in [-0.2, -0.15) is 5.10 Å². The van der Waals surface area contributed by atoms with Crippen LogP contribution >= 0.6 is 11.3 Å². The van der Waals surface area contributed by atoms with Gasteiger partial charge >= 0.3 is 0 Å². The number of thiophene rings is 1. The number of nitrogens with zero attached hydrogens (tertiary/aromatic N) is 3. The normalized spacial score (nSPS) is 17.4. The molecule has 4 aromatic rings. The van der Waals surface area contributed by atoms with Crippen molar-refractivity contribution in [1.29, 1.82) is 0 Å². The largest absolute Gasteiger partial charge is 0.350 e. The average molecular weight is 489 g/mol. The van der Waals surface area contributed by atoms with E-state index >= 15 is 0 Å². The number of anilines is 1. The van der Waals surface area contributed by atoms with E-state index in [-0.39, 0.29) is 30.7 Å². The lowest BCUT2D eigenvalue weighted by atomic mass is 9.93. The van der Waals surface area contributed by atoms with E-state index in [0.29, 0.717) is 17.1 Å². The summed E-state index contributed by atoms with van der Waals surface area (Å²) in [5.41, 5.74) is 3.47. The van der Waals surface area contributed by atoms with Crippen LogP contribution in [-0.2, 0) is 17.9 Å². The summed E-state index contributed by atoms with van der Waals surface area (Å²) in [5.74, 6) is -0.931. The molecule has 2 amide bonds. The van der Waals surface area contributed by atoms with Crippen LogP contribution in [0.4, 0.5) is 10.1 Å². The van der Waals surface area contributed by atoms with Crippen molar-refractivity contribution in [2.75, 3.05) is 4.90 Å². The molecule has 0 spiro atoms. The maximum Gasteiger partial charge on any atom is 0.277 e. The van der Waals surface area contributed by atoms with E-state index in [9.17, 15) is 14.0 Å². The van der Waals surface area contributed by atoms with Crippen LogP contribution < -0.4 is 10.2 Å². The van der Waals surface area contributed by atoms with Crippen molar-refractivity contribution in [2.24, 2.45) is 0 Å².